The van der Waals surface area contributed by atoms with Gasteiger partial charge in [-0.1, -0.05) is 0 Å². The average molecular weight is 174 g/mol. The molecule has 0 bridgehead atoms. The molecule has 64 valence electrons. The van der Waals surface area contributed by atoms with Crippen LogP contribution in [-0.2, 0) is 11.2 Å². The molecular weight excluding hydrogens is 168 g/mol. The summed E-state index contributed by atoms with van der Waals surface area (Å²) in [5.74, 6) is 0.485. The van der Waals surface area contributed by atoms with E-state index in [1.54, 1.807) is 6.20 Å². The lowest BCUT2D eigenvalue weighted by Crippen LogP contribution is -2.27. The summed E-state index contributed by atoms with van der Waals surface area (Å²) in [5, 5.41) is 8.48. The van der Waals surface area contributed by atoms with Crippen LogP contribution >= 0.6 is 0 Å². The van der Waals surface area contributed by atoms with Gasteiger partial charge in [-0.25, -0.2) is 9.97 Å². The lowest BCUT2D eigenvalue weighted by molar-refractivity contribution is -0.117. The monoisotopic (exact) mass is 174 g/mol. The molecule has 0 radical (unpaired) electrons. The fourth-order valence-electron chi connectivity index (χ4n) is 1.33. The first kappa shape index (κ1) is 7.68. The van der Waals surface area contributed by atoms with Crippen molar-refractivity contribution in [1.29, 1.82) is 5.26 Å². The van der Waals surface area contributed by atoms with Crippen LogP contribution in [-0.4, -0.2) is 22.4 Å². The third kappa shape index (κ3) is 1.12. The number of nitrogens with zero attached hydrogens (tertiary/aromatic N) is 4. The summed E-state index contributed by atoms with van der Waals surface area (Å²) in [7, 11) is 0. The van der Waals surface area contributed by atoms with E-state index in [1.165, 1.54) is 11.2 Å². The molecule has 5 heteroatoms. The minimum atomic E-state index is -0.0861. The first-order valence-electron chi connectivity index (χ1n) is 3.79. The molecule has 0 unspecified atom stereocenters. The van der Waals surface area contributed by atoms with Crippen molar-refractivity contribution in [3.05, 3.63) is 18.1 Å². The van der Waals surface area contributed by atoms with Gasteiger partial charge in [-0.15, -0.1) is 0 Å². The zero-order valence-corrected chi connectivity index (χ0v) is 6.77. The molecule has 5 nitrogen and oxygen atoms in total. The van der Waals surface area contributed by atoms with Crippen LogP contribution in [0.1, 0.15) is 5.56 Å². The summed E-state index contributed by atoms with van der Waals surface area (Å²) in [6.45, 7) is 0.0584. The standard InChI is InChI=1S/C8H6N4O/c9-1-2-12-7(13)3-6-4-10-5-11-8(6)12/h4-5H,2-3H2. The quantitative estimate of drug-likeness (QED) is 0.557. The van der Waals surface area contributed by atoms with E-state index in [1.807, 2.05) is 6.07 Å². The van der Waals surface area contributed by atoms with Crippen LogP contribution in [0.5, 0.6) is 0 Å². The maximum atomic E-state index is 11.3. The van der Waals surface area contributed by atoms with Crippen molar-refractivity contribution < 1.29 is 4.79 Å². The van der Waals surface area contributed by atoms with Gasteiger partial charge in [-0.05, 0) is 0 Å². The van der Waals surface area contributed by atoms with Crippen LogP contribution in [0.2, 0.25) is 0 Å². The number of rotatable bonds is 1. The molecule has 0 aromatic carbocycles. The van der Waals surface area contributed by atoms with Crippen LogP contribution in [0.3, 0.4) is 0 Å². The molecule has 1 aromatic rings. The van der Waals surface area contributed by atoms with Crippen LogP contribution in [0.4, 0.5) is 5.82 Å². The first-order valence-corrected chi connectivity index (χ1v) is 3.79. The number of hydrogen-bond donors (Lipinski definition) is 0. The number of carbonyl (C=O) groups excluding carboxylic acids is 1. The van der Waals surface area contributed by atoms with Crippen molar-refractivity contribution in [2.75, 3.05) is 11.4 Å². The van der Waals surface area contributed by atoms with Crippen LogP contribution in [0.25, 0.3) is 0 Å². The maximum absolute atomic E-state index is 11.3. The summed E-state index contributed by atoms with van der Waals surface area (Å²) in [6.07, 6.45) is 3.29. The number of amides is 1. The summed E-state index contributed by atoms with van der Waals surface area (Å²) >= 11 is 0. The van der Waals surface area contributed by atoms with E-state index < -0.39 is 0 Å². The Morgan fingerprint density at radius 1 is 1.69 bits per heavy atom. The molecule has 0 aliphatic carbocycles. The Hall–Kier alpha value is -1.96. The fraction of sp³-hybridized carbons (Fsp3) is 0.250. The highest BCUT2D eigenvalue weighted by Gasteiger charge is 2.27. The van der Waals surface area contributed by atoms with Gasteiger partial charge >= 0.3 is 0 Å². The molecule has 0 fully saturated rings. The fourth-order valence-corrected chi connectivity index (χ4v) is 1.33. The minimum absolute atomic E-state index is 0.0584. The lowest BCUT2D eigenvalue weighted by Gasteiger charge is -2.10. The van der Waals surface area contributed by atoms with Crippen LogP contribution in [0.15, 0.2) is 12.5 Å². The minimum Gasteiger partial charge on any atom is -0.282 e. The summed E-state index contributed by atoms with van der Waals surface area (Å²) in [4.78, 5) is 20.5. The Labute approximate surface area is 74.6 Å². The Morgan fingerprint density at radius 2 is 2.54 bits per heavy atom. The Balaban J connectivity index is 2.42. The van der Waals surface area contributed by atoms with Gasteiger partial charge in [-0.2, -0.15) is 5.26 Å². The molecule has 0 saturated heterocycles. The average Bonchev–Trinajstić information content (AvgIpc) is 2.44. The van der Waals surface area contributed by atoms with E-state index in [0.29, 0.717) is 12.2 Å². The van der Waals surface area contributed by atoms with Crippen molar-refractivity contribution in [3.63, 3.8) is 0 Å². The predicted octanol–water partition coefficient (Wildman–Crippen LogP) is -0.111. The number of anilines is 1. The second-order valence-corrected chi connectivity index (χ2v) is 2.69. The molecular formula is C8H6N4O. The van der Waals surface area contributed by atoms with Crippen molar-refractivity contribution in [1.82, 2.24) is 9.97 Å². The summed E-state index contributed by atoms with van der Waals surface area (Å²) in [6, 6.07) is 1.93. The Kier molecular flexibility index (Phi) is 1.67. The normalized spacial score (nSPS) is 14.1. The number of hydrogen-bond acceptors (Lipinski definition) is 4. The van der Waals surface area contributed by atoms with Crippen molar-refractivity contribution in [3.8, 4) is 6.07 Å². The van der Waals surface area contributed by atoms with Gasteiger partial charge in [-0.3, -0.25) is 9.69 Å². The molecule has 13 heavy (non-hydrogen) atoms. The van der Waals surface area contributed by atoms with Gasteiger partial charge in [0.05, 0.1) is 12.5 Å². The van der Waals surface area contributed by atoms with Crippen LogP contribution < -0.4 is 4.90 Å². The molecule has 1 aliphatic rings. The number of carbonyl (C=O) groups is 1. The predicted molar refractivity (Wildman–Crippen MR) is 43.7 cm³/mol. The topological polar surface area (TPSA) is 69.9 Å². The Bertz CT molecular complexity index is 395. The van der Waals surface area contributed by atoms with Crippen LogP contribution in [0, 0.1) is 11.3 Å². The molecule has 0 N–H and O–H groups in total. The molecule has 1 aromatic heterocycles. The highest BCUT2D eigenvalue weighted by molar-refractivity contribution is 6.00. The van der Waals surface area contributed by atoms with Gasteiger partial charge in [0.1, 0.15) is 18.7 Å². The third-order valence-electron chi connectivity index (χ3n) is 1.89. The van der Waals surface area contributed by atoms with E-state index in [0.717, 1.165) is 5.56 Å². The van der Waals surface area contributed by atoms with E-state index in [-0.39, 0.29) is 12.5 Å². The zero-order chi connectivity index (χ0) is 9.26. The third-order valence-corrected chi connectivity index (χ3v) is 1.89. The Morgan fingerprint density at radius 3 is 3.31 bits per heavy atom. The zero-order valence-electron chi connectivity index (χ0n) is 6.77. The molecule has 2 rings (SSSR count). The molecule has 0 atom stereocenters. The number of nitriles is 1. The van der Waals surface area contributed by atoms with E-state index in [4.69, 9.17) is 5.26 Å². The van der Waals surface area contributed by atoms with Gasteiger partial charge in [0.25, 0.3) is 0 Å². The first-order chi connectivity index (χ1) is 6.33. The van der Waals surface area contributed by atoms with Gasteiger partial charge in [0, 0.05) is 11.8 Å². The van der Waals surface area contributed by atoms with Crippen molar-refractivity contribution in [2.24, 2.45) is 0 Å². The van der Waals surface area contributed by atoms with Crippen molar-refractivity contribution >= 4 is 11.7 Å². The molecule has 1 aliphatic heterocycles. The summed E-state index contributed by atoms with van der Waals surface area (Å²) < 4.78 is 0. The molecule has 1 amide bonds. The van der Waals surface area contributed by atoms with E-state index in [9.17, 15) is 4.79 Å². The number of fused-ring (bicyclic) bond motifs is 1. The van der Waals surface area contributed by atoms with Gasteiger partial charge in [0.15, 0.2) is 0 Å². The number of aromatic nitrogens is 2. The summed E-state index contributed by atoms with van der Waals surface area (Å²) in [5.41, 5.74) is 0.794. The van der Waals surface area contributed by atoms with E-state index in [2.05, 4.69) is 9.97 Å². The maximum Gasteiger partial charge on any atom is 0.233 e. The van der Waals surface area contributed by atoms with Gasteiger partial charge in [0.2, 0.25) is 5.91 Å². The van der Waals surface area contributed by atoms with Crippen molar-refractivity contribution in [2.45, 2.75) is 6.42 Å². The molecule has 2 heterocycles. The SMILES string of the molecule is N#CCN1C(=O)Cc2cncnc21. The highest BCUT2D eigenvalue weighted by atomic mass is 16.2. The smallest absolute Gasteiger partial charge is 0.233 e. The lowest BCUT2D eigenvalue weighted by atomic mass is 10.3. The van der Waals surface area contributed by atoms with E-state index >= 15 is 0 Å². The largest absolute Gasteiger partial charge is 0.282 e. The molecule has 0 spiro atoms. The second kappa shape index (κ2) is 2.83. The highest BCUT2D eigenvalue weighted by Crippen LogP contribution is 2.24. The second-order valence-electron chi connectivity index (χ2n) is 2.69. The van der Waals surface area contributed by atoms with Gasteiger partial charge < -0.3 is 0 Å². The molecule has 0 saturated carbocycles.